The molecule has 0 aliphatic carbocycles. The van der Waals surface area contributed by atoms with Crippen molar-refractivity contribution in [1.82, 2.24) is 4.98 Å². The van der Waals surface area contributed by atoms with Crippen molar-refractivity contribution in [1.29, 1.82) is 0 Å². The number of rotatable bonds is 2. The number of hydrogen-bond donors (Lipinski definition) is 0. The Kier molecular flexibility index (Phi) is 2.14. The molecular weight excluding hydrogens is 226 g/mol. The van der Waals surface area contributed by atoms with Gasteiger partial charge in [0.05, 0.1) is 19.3 Å². The molecule has 17 heavy (non-hydrogen) atoms. The van der Waals surface area contributed by atoms with Gasteiger partial charge in [0.1, 0.15) is 0 Å². The van der Waals surface area contributed by atoms with E-state index in [1.54, 1.807) is 11.1 Å². The minimum Gasteiger partial charge on any atom is -0.444 e. The first-order valence-electron chi connectivity index (χ1n) is 5.26. The van der Waals surface area contributed by atoms with Crippen molar-refractivity contribution in [2.45, 2.75) is 5.92 Å². The Morgan fingerprint density at radius 1 is 1.18 bits per heavy atom. The summed E-state index contributed by atoms with van der Waals surface area (Å²) in [7, 11) is 0. The molecule has 1 saturated heterocycles. The van der Waals surface area contributed by atoms with Gasteiger partial charge in [-0.1, -0.05) is 0 Å². The second kappa shape index (κ2) is 3.55. The van der Waals surface area contributed by atoms with E-state index in [1.807, 2.05) is 24.3 Å². The summed E-state index contributed by atoms with van der Waals surface area (Å²) in [4.78, 5) is 5.47. The van der Waals surface area contributed by atoms with Crippen molar-refractivity contribution in [2.24, 2.45) is 0 Å². The van der Waals surface area contributed by atoms with Crippen LogP contribution < -0.4 is 4.90 Å². The third-order valence-electron chi connectivity index (χ3n) is 2.79. The van der Waals surface area contributed by atoms with Gasteiger partial charge in [-0.3, -0.25) is 0 Å². The van der Waals surface area contributed by atoms with Crippen LogP contribution >= 0.6 is 0 Å². The highest BCUT2D eigenvalue weighted by molar-refractivity contribution is 5.62. The minimum atomic E-state index is -2.54. The average molecular weight is 236 g/mol. The lowest BCUT2D eigenvalue weighted by atomic mass is 10.1. The van der Waals surface area contributed by atoms with E-state index in [-0.39, 0.29) is 13.1 Å². The molecule has 1 aliphatic heterocycles. The SMILES string of the molecule is FC1(F)CN(c2ccc(-c3cnco3)cc2)C1. The van der Waals surface area contributed by atoms with E-state index in [9.17, 15) is 8.78 Å². The van der Waals surface area contributed by atoms with Crippen LogP contribution in [-0.2, 0) is 0 Å². The normalized spacial score (nSPS) is 17.9. The smallest absolute Gasteiger partial charge is 0.282 e. The third-order valence-corrected chi connectivity index (χ3v) is 2.79. The van der Waals surface area contributed by atoms with Crippen LogP contribution in [0.2, 0.25) is 0 Å². The van der Waals surface area contributed by atoms with Gasteiger partial charge in [-0.15, -0.1) is 0 Å². The van der Waals surface area contributed by atoms with Gasteiger partial charge in [-0.2, -0.15) is 0 Å². The van der Waals surface area contributed by atoms with Gasteiger partial charge in [0.15, 0.2) is 12.2 Å². The molecule has 88 valence electrons. The molecule has 3 nitrogen and oxygen atoms in total. The summed E-state index contributed by atoms with van der Waals surface area (Å²) in [6.45, 7) is -0.399. The summed E-state index contributed by atoms with van der Waals surface area (Å²) < 4.78 is 30.6. The zero-order chi connectivity index (χ0) is 11.9. The Balaban J connectivity index is 1.78. The van der Waals surface area contributed by atoms with E-state index in [0.29, 0.717) is 5.76 Å². The van der Waals surface area contributed by atoms with Crippen molar-refractivity contribution in [3.05, 3.63) is 36.9 Å². The fourth-order valence-electron chi connectivity index (χ4n) is 1.89. The van der Waals surface area contributed by atoms with Crippen LogP contribution in [0.5, 0.6) is 0 Å². The van der Waals surface area contributed by atoms with Gasteiger partial charge < -0.3 is 9.32 Å². The van der Waals surface area contributed by atoms with Gasteiger partial charge in [0.2, 0.25) is 0 Å². The molecule has 2 aromatic rings. The summed E-state index contributed by atoms with van der Waals surface area (Å²) in [6.07, 6.45) is 2.98. The van der Waals surface area contributed by atoms with E-state index in [0.717, 1.165) is 11.3 Å². The highest BCUT2D eigenvalue weighted by Crippen LogP contribution is 2.32. The largest absolute Gasteiger partial charge is 0.444 e. The quantitative estimate of drug-likeness (QED) is 0.802. The summed E-state index contributed by atoms with van der Waals surface area (Å²) in [5.74, 6) is -1.87. The van der Waals surface area contributed by atoms with E-state index in [4.69, 9.17) is 4.42 Å². The van der Waals surface area contributed by atoms with E-state index < -0.39 is 5.92 Å². The van der Waals surface area contributed by atoms with Crippen molar-refractivity contribution < 1.29 is 13.2 Å². The van der Waals surface area contributed by atoms with E-state index in [2.05, 4.69) is 4.98 Å². The molecule has 1 aromatic carbocycles. The molecule has 0 N–H and O–H groups in total. The van der Waals surface area contributed by atoms with Crippen LogP contribution in [0.25, 0.3) is 11.3 Å². The van der Waals surface area contributed by atoms with E-state index >= 15 is 0 Å². The molecular formula is C12H10F2N2O. The number of halogens is 2. The van der Waals surface area contributed by atoms with Crippen LogP contribution in [0.4, 0.5) is 14.5 Å². The Hall–Kier alpha value is -1.91. The minimum absolute atomic E-state index is 0.200. The van der Waals surface area contributed by atoms with Crippen molar-refractivity contribution in [3.63, 3.8) is 0 Å². The standard InChI is InChI=1S/C12H10F2N2O/c13-12(14)6-16(7-12)10-3-1-9(2-4-10)11-5-15-8-17-11/h1-5,8H,6-7H2. The lowest BCUT2D eigenvalue weighted by Crippen LogP contribution is -2.56. The molecule has 3 rings (SSSR count). The highest BCUT2D eigenvalue weighted by atomic mass is 19.3. The molecule has 0 atom stereocenters. The fraction of sp³-hybridized carbons (Fsp3) is 0.250. The molecule has 0 spiro atoms. The zero-order valence-electron chi connectivity index (χ0n) is 8.94. The average Bonchev–Trinajstić information content (AvgIpc) is 2.79. The summed E-state index contributed by atoms with van der Waals surface area (Å²) in [5, 5.41) is 0. The molecule has 0 unspecified atom stereocenters. The molecule has 0 radical (unpaired) electrons. The number of aromatic nitrogens is 1. The van der Waals surface area contributed by atoms with Crippen LogP contribution in [-0.4, -0.2) is 24.0 Å². The number of anilines is 1. The first-order chi connectivity index (χ1) is 8.14. The van der Waals surface area contributed by atoms with Crippen LogP contribution in [0.3, 0.4) is 0 Å². The van der Waals surface area contributed by atoms with Crippen LogP contribution in [0.1, 0.15) is 0 Å². The maximum atomic E-state index is 12.7. The molecule has 0 bridgehead atoms. The first kappa shape index (κ1) is 10.3. The molecule has 1 aliphatic rings. The number of benzene rings is 1. The Morgan fingerprint density at radius 3 is 2.41 bits per heavy atom. The fourth-order valence-corrected chi connectivity index (χ4v) is 1.89. The molecule has 0 amide bonds. The number of oxazole rings is 1. The van der Waals surface area contributed by atoms with Gasteiger partial charge in [-0.05, 0) is 24.3 Å². The van der Waals surface area contributed by atoms with Crippen LogP contribution in [0, 0.1) is 0 Å². The zero-order valence-corrected chi connectivity index (χ0v) is 8.94. The summed E-state index contributed by atoms with van der Waals surface area (Å²) >= 11 is 0. The molecule has 1 aromatic heterocycles. The van der Waals surface area contributed by atoms with Crippen molar-refractivity contribution in [2.75, 3.05) is 18.0 Å². The Labute approximate surface area is 96.7 Å². The maximum Gasteiger partial charge on any atom is 0.282 e. The number of hydrogen-bond acceptors (Lipinski definition) is 3. The van der Waals surface area contributed by atoms with Crippen molar-refractivity contribution in [3.8, 4) is 11.3 Å². The second-order valence-electron chi connectivity index (χ2n) is 4.12. The third kappa shape index (κ3) is 1.88. The lowest BCUT2D eigenvalue weighted by Gasteiger charge is -2.40. The molecule has 0 saturated carbocycles. The number of alkyl halides is 2. The summed E-state index contributed by atoms with van der Waals surface area (Å²) in [5.41, 5.74) is 1.69. The second-order valence-corrected chi connectivity index (χ2v) is 4.12. The van der Waals surface area contributed by atoms with E-state index in [1.165, 1.54) is 6.39 Å². The van der Waals surface area contributed by atoms with Gasteiger partial charge in [0, 0.05) is 11.3 Å². The van der Waals surface area contributed by atoms with Crippen molar-refractivity contribution >= 4 is 5.69 Å². The number of nitrogens with zero attached hydrogens (tertiary/aromatic N) is 2. The topological polar surface area (TPSA) is 29.3 Å². The molecule has 5 heteroatoms. The molecule has 1 fully saturated rings. The maximum absolute atomic E-state index is 12.7. The predicted molar refractivity (Wildman–Crippen MR) is 59.1 cm³/mol. The lowest BCUT2D eigenvalue weighted by molar-refractivity contribution is -0.0262. The Bertz CT molecular complexity index is 500. The van der Waals surface area contributed by atoms with Gasteiger partial charge in [0.25, 0.3) is 5.92 Å². The predicted octanol–water partition coefficient (Wildman–Crippen LogP) is 2.80. The Morgan fingerprint density at radius 2 is 1.88 bits per heavy atom. The van der Waals surface area contributed by atoms with Gasteiger partial charge >= 0.3 is 0 Å². The summed E-state index contributed by atoms with van der Waals surface area (Å²) in [6, 6.07) is 7.30. The first-order valence-corrected chi connectivity index (χ1v) is 5.26. The highest BCUT2D eigenvalue weighted by Gasteiger charge is 2.43. The molecule has 2 heterocycles. The van der Waals surface area contributed by atoms with Crippen LogP contribution in [0.15, 0.2) is 41.3 Å². The monoisotopic (exact) mass is 236 g/mol. The van der Waals surface area contributed by atoms with Gasteiger partial charge in [-0.25, -0.2) is 13.8 Å².